The number of nitrogens with one attached hydrogen (secondary N) is 1. The first-order valence-corrected chi connectivity index (χ1v) is 7.66. The van der Waals surface area contributed by atoms with Crippen molar-refractivity contribution in [1.29, 1.82) is 0 Å². The molecular weight excluding hydrogens is 306 g/mol. The smallest absolute Gasteiger partial charge is 0.232 e. The minimum atomic E-state index is 0.515. The number of hydrogen-bond acceptors (Lipinski definition) is 5. The van der Waals surface area contributed by atoms with Crippen LogP contribution in [0.1, 0.15) is 10.4 Å². The summed E-state index contributed by atoms with van der Waals surface area (Å²) in [5.74, 6) is 1.65. The van der Waals surface area contributed by atoms with E-state index in [9.17, 15) is 0 Å². The first-order chi connectivity index (χ1) is 10.1. The van der Waals surface area contributed by atoms with Crippen LogP contribution in [-0.2, 0) is 0 Å². The molecule has 0 aliphatic carbocycles. The van der Waals surface area contributed by atoms with Crippen LogP contribution in [-0.4, -0.2) is 17.0 Å². The van der Waals surface area contributed by atoms with Crippen LogP contribution in [0.4, 0.5) is 5.95 Å². The van der Waals surface area contributed by atoms with Crippen LogP contribution in [0.5, 0.6) is 11.6 Å². The first kappa shape index (κ1) is 14.1. The van der Waals surface area contributed by atoms with E-state index in [2.05, 4.69) is 15.3 Å². The average molecular weight is 320 g/mol. The molecule has 108 valence electrons. The molecule has 4 nitrogen and oxygen atoms in total. The predicted molar refractivity (Wildman–Crippen MR) is 88.0 cm³/mol. The Kier molecular flexibility index (Phi) is 3.69. The van der Waals surface area contributed by atoms with E-state index >= 15 is 0 Å². The highest BCUT2D eigenvalue weighted by Crippen LogP contribution is 2.36. The predicted octanol–water partition coefficient (Wildman–Crippen LogP) is 4.80. The van der Waals surface area contributed by atoms with Crippen LogP contribution >= 0.6 is 22.9 Å². The summed E-state index contributed by atoms with van der Waals surface area (Å²) < 4.78 is 5.94. The zero-order chi connectivity index (χ0) is 15.0. The van der Waals surface area contributed by atoms with Crippen LogP contribution in [0, 0.1) is 13.8 Å². The van der Waals surface area contributed by atoms with Crippen LogP contribution in [0.2, 0.25) is 5.02 Å². The third-order valence-electron chi connectivity index (χ3n) is 3.00. The van der Waals surface area contributed by atoms with E-state index in [0.717, 1.165) is 20.7 Å². The van der Waals surface area contributed by atoms with Crippen molar-refractivity contribution in [3.05, 3.63) is 39.7 Å². The minimum absolute atomic E-state index is 0.515. The quantitative estimate of drug-likeness (QED) is 0.753. The number of thiophene rings is 1. The molecule has 0 bridgehead atoms. The summed E-state index contributed by atoms with van der Waals surface area (Å²) in [4.78, 5) is 10.9. The number of benzene rings is 1. The number of aromatic nitrogens is 2. The fraction of sp³-hybridized carbons (Fsp3) is 0.200. The minimum Gasteiger partial charge on any atom is -0.437 e. The molecule has 3 rings (SSSR count). The maximum atomic E-state index is 6.19. The molecule has 0 amide bonds. The highest BCUT2D eigenvalue weighted by atomic mass is 35.5. The van der Waals surface area contributed by atoms with E-state index < -0.39 is 0 Å². The summed E-state index contributed by atoms with van der Waals surface area (Å²) in [6, 6.07) is 7.69. The van der Waals surface area contributed by atoms with E-state index in [-0.39, 0.29) is 0 Å². The lowest BCUT2D eigenvalue weighted by atomic mass is 10.2. The van der Waals surface area contributed by atoms with Crippen molar-refractivity contribution in [3.63, 3.8) is 0 Å². The summed E-state index contributed by atoms with van der Waals surface area (Å²) in [6.07, 6.45) is 0. The molecule has 0 saturated carbocycles. The highest BCUT2D eigenvalue weighted by molar-refractivity contribution is 7.18. The number of anilines is 1. The Morgan fingerprint density at radius 2 is 2.00 bits per heavy atom. The zero-order valence-corrected chi connectivity index (χ0v) is 13.5. The number of halogens is 1. The number of nitrogens with zero attached hydrogens (tertiary/aromatic N) is 2. The third kappa shape index (κ3) is 2.80. The largest absolute Gasteiger partial charge is 0.437 e. The van der Waals surface area contributed by atoms with Gasteiger partial charge >= 0.3 is 0 Å². The monoisotopic (exact) mass is 319 g/mol. The van der Waals surface area contributed by atoms with E-state index in [1.807, 2.05) is 38.1 Å². The van der Waals surface area contributed by atoms with Crippen LogP contribution in [0.15, 0.2) is 24.3 Å². The van der Waals surface area contributed by atoms with Gasteiger partial charge in [0.1, 0.15) is 10.6 Å². The summed E-state index contributed by atoms with van der Waals surface area (Å²) in [7, 11) is 1.78. The molecule has 1 aromatic carbocycles. The Morgan fingerprint density at radius 3 is 2.76 bits per heavy atom. The van der Waals surface area contributed by atoms with Crippen molar-refractivity contribution in [1.82, 2.24) is 9.97 Å². The summed E-state index contributed by atoms with van der Waals surface area (Å²) >= 11 is 7.80. The van der Waals surface area contributed by atoms with E-state index in [0.29, 0.717) is 22.6 Å². The van der Waals surface area contributed by atoms with Gasteiger partial charge in [0.25, 0.3) is 0 Å². The van der Waals surface area contributed by atoms with Crippen molar-refractivity contribution in [3.8, 4) is 11.6 Å². The molecule has 6 heteroatoms. The molecule has 0 unspecified atom stereocenters. The lowest BCUT2D eigenvalue weighted by Gasteiger charge is -2.09. The Balaban J connectivity index is 2.12. The van der Waals surface area contributed by atoms with E-state index in [1.165, 1.54) is 0 Å². The second kappa shape index (κ2) is 5.50. The molecule has 0 atom stereocenters. The van der Waals surface area contributed by atoms with Gasteiger partial charge in [0.15, 0.2) is 0 Å². The van der Waals surface area contributed by atoms with Gasteiger partial charge in [-0.25, -0.2) is 4.98 Å². The maximum absolute atomic E-state index is 6.19. The standard InChI is InChI=1S/C15H14ClN3OS/c1-8-4-5-11(16)12(6-8)20-13-10-7-9(2)21-14(10)19-15(17-3)18-13/h4-7H,1-3H3,(H,17,18,19). The van der Waals surface area contributed by atoms with Gasteiger partial charge in [0.05, 0.1) is 10.4 Å². The van der Waals surface area contributed by atoms with Crippen molar-refractivity contribution in [2.45, 2.75) is 13.8 Å². The molecule has 2 heterocycles. The van der Waals surface area contributed by atoms with Crippen LogP contribution in [0.3, 0.4) is 0 Å². The first-order valence-electron chi connectivity index (χ1n) is 6.47. The average Bonchev–Trinajstić information content (AvgIpc) is 2.83. The lowest BCUT2D eigenvalue weighted by Crippen LogP contribution is -1.98. The number of rotatable bonds is 3. The number of ether oxygens (including phenoxy) is 1. The molecule has 0 spiro atoms. The molecule has 0 saturated heterocycles. The van der Waals surface area contributed by atoms with Crippen molar-refractivity contribution in [2.24, 2.45) is 0 Å². The fourth-order valence-corrected chi connectivity index (χ4v) is 3.02. The van der Waals surface area contributed by atoms with Gasteiger partial charge in [-0.3, -0.25) is 0 Å². The van der Waals surface area contributed by atoms with Gasteiger partial charge in [0, 0.05) is 11.9 Å². The number of aryl methyl sites for hydroxylation is 2. The second-order valence-corrected chi connectivity index (χ2v) is 6.36. The molecule has 0 aliphatic rings. The Bertz CT molecular complexity index is 816. The van der Waals surface area contributed by atoms with Gasteiger partial charge in [0.2, 0.25) is 11.8 Å². The fourth-order valence-electron chi connectivity index (χ4n) is 2.00. The van der Waals surface area contributed by atoms with Gasteiger partial charge < -0.3 is 10.1 Å². The lowest BCUT2D eigenvalue weighted by molar-refractivity contribution is 0.469. The van der Waals surface area contributed by atoms with Crippen LogP contribution in [0.25, 0.3) is 10.2 Å². The molecular formula is C15H14ClN3OS. The zero-order valence-electron chi connectivity index (χ0n) is 11.9. The van der Waals surface area contributed by atoms with Gasteiger partial charge in [-0.15, -0.1) is 11.3 Å². The SMILES string of the molecule is CNc1nc(Oc2cc(C)ccc2Cl)c2cc(C)sc2n1. The topological polar surface area (TPSA) is 47.0 Å². The molecule has 21 heavy (non-hydrogen) atoms. The molecule has 0 aliphatic heterocycles. The number of fused-ring (bicyclic) bond motifs is 1. The van der Waals surface area contributed by atoms with Gasteiger partial charge in [-0.2, -0.15) is 4.98 Å². The molecule has 0 radical (unpaired) electrons. The van der Waals surface area contributed by atoms with Crippen molar-refractivity contribution < 1.29 is 4.74 Å². The molecule has 1 N–H and O–H groups in total. The second-order valence-electron chi connectivity index (χ2n) is 4.71. The highest BCUT2D eigenvalue weighted by Gasteiger charge is 2.13. The Hall–Kier alpha value is -1.85. The van der Waals surface area contributed by atoms with Crippen LogP contribution < -0.4 is 10.1 Å². The molecule has 2 aromatic heterocycles. The molecule has 3 aromatic rings. The Labute approximate surface area is 131 Å². The summed E-state index contributed by atoms with van der Waals surface area (Å²) in [6.45, 7) is 4.03. The third-order valence-corrected chi connectivity index (χ3v) is 4.25. The van der Waals surface area contributed by atoms with E-state index in [4.69, 9.17) is 16.3 Å². The summed E-state index contributed by atoms with van der Waals surface area (Å²) in [5.41, 5.74) is 1.08. The normalized spacial score (nSPS) is 10.9. The van der Waals surface area contributed by atoms with Crippen molar-refractivity contribution in [2.75, 3.05) is 12.4 Å². The maximum Gasteiger partial charge on any atom is 0.232 e. The van der Waals surface area contributed by atoms with Gasteiger partial charge in [-0.1, -0.05) is 17.7 Å². The Morgan fingerprint density at radius 1 is 1.19 bits per heavy atom. The molecule has 0 fully saturated rings. The van der Waals surface area contributed by atoms with E-state index in [1.54, 1.807) is 18.4 Å². The number of hydrogen-bond donors (Lipinski definition) is 1. The summed E-state index contributed by atoms with van der Waals surface area (Å²) in [5, 5.41) is 4.41. The van der Waals surface area contributed by atoms with Crippen molar-refractivity contribution >= 4 is 39.1 Å². The van der Waals surface area contributed by atoms with Gasteiger partial charge in [-0.05, 0) is 37.6 Å².